The Kier molecular flexibility index (Phi) is 5.90. The second-order valence-corrected chi connectivity index (χ2v) is 9.74. The van der Waals surface area contributed by atoms with Crippen molar-refractivity contribution in [3.05, 3.63) is 59.3 Å². The molecule has 0 spiro atoms. The summed E-state index contributed by atoms with van der Waals surface area (Å²) in [4.78, 5) is 47.8. The minimum atomic E-state index is -1.44. The number of fused-ring (bicyclic) bond motifs is 2. The van der Waals surface area contributed by atoms with E-state index in [0.717, 1.165) is 16.9 Å². The molecule has 12 nitrogen and oxygen atoms in total. The van der Waals surface area contributed by atoms with Gasteiger partial charge in [0, 0.05) is 16.7 Å². The summed E-state index contributed by atoms with van der Waals surface area (Å²) in [5.41, 5.74) is 7.04. The Balaban J connectivity index is 1.36. The zero-order valence-electron chi connectivity index (χ0n) is 18.3. The first kappa shape index (κ1) is 22.9. The minimum absolute atomic E-state index is 0.138. The van der Waals surface area contributed by atoms with Crippen LogP contribution in [0.1, 0.15) is 5.69 Å². The quantitative estimate of drug-likeness (QED) is 0.171. The Bertz CT molecular complexity index is 1380. The van der Waals surface area contributed by atoms with E-state index in [0.29, 0.717) is 11.3 Å². The number of carbonyl (C=O) groups is 3. The summed E-state index contributed by atoms with van der Waals surface area (Å²) in [5.74, 6) is -2.32. The number of carboxylic acid groups (broad SMARTS) is 1. The molecular weight excluding hydrogens is 494 g/mol. The van der Waals surface area contributed by atoms with E-state index >= 15 is 0 Å². The van der Waals surface area contributed by atoms with Crippen LogP contribution in [-0.2, 0) is 25.8 Å². The molecule has 0 saturated carbocycles. The van der Waals surface area contributed by atoms with Gasteiger partial charge in [0.15, 0.2) is 16.4 Å². The number of amides is 2. The van der Waals surface area contributed by atoms with E-state index in [1.165, 1.54) is 23.8 Å². The SMILES string of the molecule is CO/N=C(\C(=O)N[C@@H]1C(=O)N2C(C(=O)[O-])=C(Cn3cc4cccc[n+]4c3)CS[C@H]12)c1csc(N)n1. The van der Waals surface area contributed by atoms with E-state index in [1.807, 2.05) is 45.9 Å². The molecule has 2 aliphatic rings. The summed E-state index contributed by atoms with van der Waals surface area (Å²) in [6.45, 7) is 0.279. The second kappa shape index (κ2) is 9.03. The van der Waals surface area contributed by atoms with Crippen LogP contribution in [0.3, 0.4) is 0 Å². The van der Waals surface area contributed by atoms with E-state index in [4.69, 9.17) is 10.6 Å². The molecule has 0 unspecified atom stereocenters. The molecule has 0 aliphatic carbocycles. The van der Waals surface area contributed by atoms with Gasteiger partial charge in [0.25, 0.3) is 11.8 Å². The third kappa shape index (κ3) is 4.10. The number of nitrogen functional groups attached to an aromatic ring is 1. The number of oxime groups is 1. The molecule has 35 heavy (non-hydrogen) atoms. The highest BCUT2D eigenvalue weighted by Crippen LogP contribution is 2.40. The number of thioether (sulfide) groups is 1. The van der Waals surface area contributed by atoms with Crippen molar-refractivity contribution < 1.29 is 28.7 Å². The van der Waals surface area contributed by atoms with Crippen LogP contribution in [0.2, 0.25) is 0 Å². The van der Waals surface area contributed by atoms with Gasteiger partial charge in [-0.25, -0.2) is 14.0 Å². The predicted molar refractivity (Wildman–Crippen MR) is 125 cm³/mol. The number of hydrogen-bond acceptors (Lipinski definition) is 10. The lowest BCUT2D eigenvalue weighted by atomic mass is 10.0. The third-order valence-electron chi connectivity index (χ3n) is 5.56. The van der Waals surface area contributed by atoms with Gasteiger partial charge in [0.1, 0.15) is 37.0 Å². The van der Waals surface area contributed by atoms with E-state index < -0.39 is 29.2 Å². The van der Waals surface area contributed by atoms with Gasteiger partial charge in [-0.3, -0.25) is 14.5 Å². The highest BCUT2D eigenvalue weighted by molar-refractivity contribution is 8.00. The number of nitrogens with zero attached hydrogens (tertiary/aromatic N) is 5. The maximum atomic E-state index is 13.0. The van der Waals surface area contributed by atoms with E-state index in [-0.39, 0.29) is 28.8 Å². The Morgan fingerprint density at radius 3 is 2.94 bits per heavy atom. The number of nitrogens with two attached hydrogens (primary N) is 1. The number of rotatable bonds is 7. The summed E-state index contributed by atoms with van der Waals surface area (Å²) >= 11 is 2.49. The smallest absolute Gasteiger partial charge is 0.276 e. The molecule has 1 fully saturated rings. The number of nitrogens with one attached hydrogen (secondary N) is 1. The number of pyridine rings is 1. The van der Waals surface area contributed by atoms with Crippen LogP contribution in [-0.4, -0.2) is 62.2 Å². The Hall–Kier alpha value is -3.91. The van der Waals surface area contributed by atoms with Crippen molar-refractivity contribution in [2.24, 2.45) is 5.16 Å². The molecule has 5 rings (SSSR count). The number of aromatic nitrogens is 3. The maximum Gasteiger partial charge on any atom is 0.276 e. The molecule has 2 amide bonds. The summed E-state index contributed by atoms with van der Waals surface area (Å²) in [6.07, 6.45) is 5.62. The fourth-order valence-corrected chi connectivity index (χ4v) is 5.93. The molecule has 180 valence electrons. The predicted octanol–water partition coefficient (Wildman–Crippen LogP) is -1.28. The van der Waals surface area contributed by atoms with Gasteiger partial charge in [-0.15, -0.1) is 23.1 Å². The van der Waals surface area contributed by atoms with Crippen molar-refractivity contribution in [1.29, 1.82) is 0 Å². The summed E-state index contributed by atoms with van der Waals surface area (Å²) in [6, 6.07) is 4.80. The lowest BCUT2D eigenvalue weighted by Crippen LogP contribution is -2.71. The van der Waals surface area contributed by atoms with Crippen LogP contribution in [0.4, 0.5) is 5.13 Å². The van der Waals surface area contributed by atoms with E-state index in [1.54, 1.807) is 5.38 Å². The topological polar surface area (TPSA) is 159 Å². The average Bonchev–Trinajstić information content (AvgIpc) is 3.45. The van der Waals surface area contributed by atoms with Crippen molar-refractivity contribution in [2.45, 2.75) is 18.0 Å². The van der Waals surface area contributed by atoms with Crippen molar-refractivity contribution in [2.75, 3.05) is 18.6 Å². The average molecular weight is 514 g/mol. The first-order chi connectivity index (χ1) is 16.9. The van der Waals surface area contributed by atoms with Crippen LogP contribution < -0.4 is 20.6 Å². The van der Waals surface area contributed by atoms with E-state index in [9.17, 15) is 19.5 Å². The van der Waals surface area contributed by atoms with Crippen LogP contribution in [0.25, 0.3) is 5.52 Å². The van der Waals surface area contributed by atoms with Gasteiger partial charge >= 0.3 is 0 Å². The molecule has 14 heteroatoms. The Morgan fingerprint density at radius 2 is 2.26 bits per heavy atom. The van der Waals surface area contributed by atoms with Crippen LogP contribution in [0, 0.1) is 0 Å². The molecule has 3 aromatic rings. The first-order valence-electron chi connectivity index (χ1n) is 10.3. The fraction of sp³-hybridized carbons (Fsp3) is 0.238. The molecule has 2 atom stereocenters. The number of thiazole rings is 1. The first-order valence-corrected chi connectivity index (χ1v) is 12.3. The van der Waals surface area contributed by atoms with Crippen molar-refractivity contribution in [3.8, 4) is 0 Å². The molecule has 0 aromatic carbocycles. The number of imidazole rings is 1. The molecule has 0 bridgehead atoms. The van der Waals surface area contributed by atoms with Crippen molar-refractivity contribution in [3.63, 3.8) is 0 Å². The monoisotopic (exact) mass is 513 g/mol. The zero-order chi connectivity index (χ0) is 24.7. The minimum Gasteiger partial charge on any atom is -0.543 e. The molecule has 3 N–H and O–H groups in total. The largest absolute Gasteiger partial charge is 0.543 e. The summed E-state index contributed by atoms with van der Waals surface area (Å²) in [7, 11) is 1.28. The highest BCUT2D eigenvalue weighted by Gasteiger charge is 2.53. The summed E-state index contributed by atoms with van der Waals surface area (Å²) < 4.78 is 3.76. The number of hydrogen-bond donors (Lipinski definition) is 2. The molecular formula is C21H19N7O5S2. The van der Waals surface area contributed by atoms with Crippen molar-refractivity contribution >= 4 is 57.2 Å². The van der Waals surface area contributed by atoms with Gasteiger partial charge in [-0.05, 0) is 12.1 Å². The van der Waals surface area contributed by atoms with Gasteiger partial charge in [-0.1, -0.05) is 11.2 Å². The summed E-state index contributed by atoms with van der Waals surface area (Å²) in [5, 5.41) is 19.6. The Labute approximate surface area is 206 Å². The highest BCUT2D eigenvalue weighted by atomic mass is 32.2. The number of anilines is 1. The number of carbonyl (C=O) groups excluding carboxylic acids is 3. The van der Waals surface area contributed by atoms with E-state index in [2.05, 4.69) is 15.5 Å². The van der Waals surface area contributed by atoms with Gasteiger partial charge in [-0.2, -0.15) is 0 Å². The molecule has 5 heterocycles. The Morgan fingerprint density at radius 1 is 1.43 bits per heavy atom. The van der Waals surface area contributed by atoms with Crippen molar-refractivity contribution in [1.82, 2.24) is 19.8 Å². The molecule has 0 radical (unpaired) electrons. The van der Waals surface area contributed by atoms with Gasteiger partial charge in [0.2, 0.25) is 6.33 Å². The molecule has 1 saturated heterocycles. The van der Waals surface area contributed by atoms with Crippen LogP contribution in [0.5, 0.6) is 0 Å². The lowest BCUT2D eigenvalue weighted by Gasteiger charge is -2.50. The third-order valence-corrected chi connectivity index (χ3v) is 7.57. The second-order valence-electron chi connectivity index (χ2n) is 7.74. The number of aliphatic carboxylic acids is 1. The number of carboxylic acids is 1. The van der Waals surface area contributed by atoms with Gasteiger partial charge < -0.3 is 25.8 Å². The van der Waals surface area contributed by atoms with Crippen LogP contribution >= 0.6 is 23.1 Å². The normalized spacial score (nSPS) is 20.0. The van der Waals surface area contributed by atoms with Crippen LogP contribution in [0.15, 0.2) is 58.7 Å². The number of β-lactam (4-membered cyclic amide) rings is 1. The molecule has 3 aromatic heterocycles. The zero-order valence-corrected chi connectivity index (χ0v) is 19.9. The maximum absolute atomic E-state index is 13.0. The lowest BCUT2D eigenvalue weighted by molar-refractivity contribution is -0.512. The standard InChI is InChI=1S/C21H19N7O5S2/c1-33-25-14(13-9-35-21(22)23-13)17(29)24-15-18(30)28-16(20(31)32)11(8-34-19(15)28)6-26-7-12-4-2-3-5-27(12)10-26/h2-5,7,9-10,15,19H,6,8H2,1H3,(H3-,22,23,24,29,31,32)/b25-14-/t15-,19-/m1/s1. The molecule has 2 aliphatic heterocycles. The fourth-order valence-electron chi connectivity index (χ4n) is 4.05. The van der Waals surface area contributed by atoms with Gasteiger partial charge in [0.05, 0.1) is 17.9 Å².